The third-order valence-corrected chi connectivity index (χ3v) is 10.6. The first-order valence-electron chi connectivity index (χ1n) is 15.0. The van der Waals surface area contributed by atoms with Crippen LogP contribution in [-0.2, 0) is 14.3 Å². The van der Waals surface area contributed by atoms with Crippen molar-refractivity contribution in [3.8, 4) is 11.1 Å². The molecule has 6 rings (SSSR count). The Morgan fingerprint density at radius 1 is 1.23 bits per heavy atom. The molecule has 1 unspecified atom stereocenters. The molecule has 1 spiro atoms. The molecule has 0 radical (unpaired) electrons. The van der Waals surface area contributed by atoms with Crippen molar-refractivity contribution in [2.45, 2.75) is 71.0 Å². The lowest BCUT2D eigenvalue weighted by Gasteiger charge is -2.58. The Morgan fingerprint density at radius 2 is 1.95 bits per heavy atom. The van der Waals surface area contributed by atoms with E-state index in [1.54, 1.807) is 7.11 Å². The third kappa shape index (κ3) is 4.83. The SMILES string of the molecule is C=CC(=O)N1CC2(CC(n3nc(N4CCC(N(C)C(=O)COC)CC4(C)C)c(-c4c(Cl)c(C)cc5[nH]ncc45)c3C)C2)C1. The number of H-pyrrole nitrogens is 1. The van der Waals surface area contributed by atoms with Crippen LogP contribution in [0.3, 0.4) is 0 Å². The number of aromatic nitrogens is 4. The zero-order chi connectivity index (χ0) is 30.8. The molecule has 1 saturated carbocycles. The highest BCUT2D eigenvalue weighted by Crippen LogP contribution is 2.56. The van der Waals surface area contributed by atoms with E-state index in [9.17, 15) is 9.59 Å². The maximum atomic E-state index is 12.7. The van der Waals surface area contributed by atoms with Crippen molar-refractivity contribution in [2.24, 2.45) is 5.41 Å². The van der Waals surface area contributed by atoms with E-state index in [2.05, 4.69) is 47.1 Å². The normalized spacial score (nSPS) is 21.1. The van der Waals surface area contributed by atoms with Crippen LogP contribution in [0.25, 0.3) is 22.0 Å². The van der Waals surface area contributed by atoms with Gasteiger partial charge in [0.2, 0.25) is 11.8 Å². The first kappa shape index (κ1) is 29.7. The average Bonchev–Trinajstić information content (AvgIpc) is 3.51. The number of nitrogens with zero attached hydrogens (tertiary/aromatic N) is 6. The molecule has 10 nitrogen and oxygen atoms in total. The number of benzene rings is 1. The van der Waals surface area contributed by atoms with Crippen LogP contribution >= 0.6 is 11.6 Å². The Balaban J connectivity index is 1.38. The topological polar surface area (TPSA) is 99.6 Å². The molecule has 1 N–H and O–H groups in total. The van der Waals surface area contributed by atoms with Gasteiger partial charge in [0, 0.05) is 73.0 Å². The molecule has 3 aromatic rings. The molecule has 2 aliphatic heterocycles. The molecule has 2 saturated heterocycles. The van der Waals surface area contributed by atoms with E-state index < -0.39 is 0 Å². The van der Waals surface area contributed by atoms with Gasteiger partial charge in [0.15, 0.2) is 5.82 Å². The minimum absolute atomic E-state index is 0.00489. The summed E-state index contributed by atoms with van der Waals surface area (Å²) in [4.78, 5) is 30.9. The summed E-state index contributed by atoms with van der Waals surface area (Å²) >= 11 is 7.12. The van der Waals surface area contributed by atoms with Crippen LogP contribution in [-0.4, -0.2) is 93.6 Å². The van der Waals surface area contributed by atoms with Gasteiger partial charge in [-0.3, -0.25) is 19.4 Å². The number of amides is 2. The molecule has 43 heavy (non-hydrogen) atoms. The lowest BCUT2D eigenvalue weighted by molar-refractivity contribution is -0.149. The van der Waals surface area contributed by atoms with E-state index in [1.165, 1.54) is 6.08 Å². The zero-order valence-electron chi connectivity index (χ0n) is 26.0. The van der Waals surface area contributed by atoms with Gasteiger partial charge < -0.3 is 19.4 Å². The number of carbonyl (C=O) groups is 2. The van der Waals surface area contributed by atoms with Crippen molar-refractivity contribution in [1.82, 2.24) is 29.8 Å². The second kappa shape index (κ2) is 10.7. The second-order valence-corrected chi connectivity index (χ2v) is 13.8. The van der Waals surface area contributed by atoms with E-state index in [1.807, 2.05) is 36.0 Å². The summed E-state index contributed by atoms with van der Waals surface area (Å²) in [7, 11) is 3.43. The Hall–Kier alpha value is -3.37. The predicted octanol–water partition coefficient (Wildman–Crippen LogP) is 4.90. The summed E-state index contributed by atoms with van der Waals surface area (Å²) in [6, 6.07) is 2.39. The first-order chi connectivity index (χ1) is 20.4. The number of hydrogen-bond acceptors (Lipinski definition) is 6. The molecule has 230 valence electrons. The van der Waals surface area contributed by atoms with Crippen LogP contribution in [0.2, 0.25) is 5.02 Å². The highest BCUT2D eigenvalue weighted by Gasteiger charge is 2.54. The molecule has 3 aliphatic rings. The zero-order valence-corrected chi connectivity index (χ0v) is 26.8. The average molecular weight is 608 g/mol. The molecule has 1 atom stereocenters. The van der Waals surface area contributed by atoms with E-state index in [-0.39, 0.29) is 41.5 Å². The van der Waals surface area contributed by atoms with Gasteiger partial charge in [-0.15, -0.1) is 0 Å². The number of ether oxygens (including phenoxy) is 1. The fraction of sp³-hybridized carbons (Fsp3) is 0.562. The largest absolute Gasteiger partial charge is 0.375 e. The van der Waals surface area contributed by atoms with Crippen molar-refractivity contribution >= 4 is 40.1 Å². The van der Waals surface area contributed by atoms with Crippen LogP contribution in [0.5, 0.6) is 0 Å². The van der Waals surface area contributed by atoms with Crippen LogP contribution in [0, 0.1) is 19.3 Å². The van der Waals surface area contributed by atoms with Crippen molar-refractivity contribution in [3.63, 3.8) is 0 Å². The van der Waals surface area contributed by atoms with Gasteiger partial charge in [-0.1, -0.05) is 18.2 Å². The lowest BCUT2D eigenvalue weighted by Crippen LogP contribution is -2.63. The summed E-state index contributed by atoms with van der Waals surface area (Å²) in [5.74, 6) is 0.918. The fourth-order valence-corrected chi connectivity index (χ4v) is 7.98. The quantitative estimate of drug-likeness (QED) is 0.384. The number of rotatable bonds is 7. The molecule has 0 bridgehead atoms. The monoisotopic (exact) mass is 607 g/mol. The fourth-order valence-electron chi connectivity index (χ4n) is 7.73. The van der Waals surface area contributed by atoms with Crippen LogP contribution in [0.15, 0.2) is 24.9 Å². The number of aryl methyl sites for hydroxylation is 1. The van der Waals surface area contributed by atoms with Gasteiger partial charge >= 0.3 is 0 Å². The molecule has 2 aromatic heterocycles. The van der Waals surface area contributed by atoms with Gasteiger partial charge in [-0.25, -0.2) is 0 Å². The number of halogens is 1. The highest BCUT2D eigenvalue weighted by atomic mass is 35.5. The molecular weight excluding hydrogens is 566 g/mol. The Labute approximate surface area is 258 Å². The predicted molar refractivity (Wildman–Crippen MR) is 168 cm³/mol. The number of hydrogen-bond donors (Lipinski definition) is 1. The number of methoxy groups -OCH3 is 1. The number of nitrogens with one attached hydrogen (secondary N) is 1. The molecule has 2 amide bonds. The van der Waals surface area contributed by atoms with Crippen molar-refractivity contribution in [2.75, 3.05) is 45.3 Å². The van der Waals surface area contributed by atoms with Crippen molar-refractivity contribution in [3.05, 3.63) is 41.2 Å². The number of anilines is 1. The summed E-state index contributed by atoms with van der Waals surface area (Å²) < 4.78 is 7.32. The van der Waals surface area contributed by atoms with Crippen LogP contribution in [0.1, 0.15) is 56.8 Å². The van der Waals surface area contributed by atoms with E-state index >= 15 is 0 Å². The summed E-state index contributed by atoms with van der Waals surface area (Å²) in [6.45, 7) is 14.7. The molecular formula is C32H42ClN7O3. The van der Waals surface area contributed by atoms with Gasteiger partial charge in [-0.05, 0) is 71.1 Å². The standard InChI is InChI=1S/C32H42ClN7O3/c1-8-25(41)38-17-32(18-38)13-22(14-32)40-20(3)27(28-23-15-34-35-24(23)11-19(2)29(28)33)30(36-40)39-10-9-21(12-31(39,4)5)37(6)26(42)16-43-7/h8,11,15,21-22H,1,9-10,12-14,16-18H2,2-7H3,(H,34,35). The minimum Gasteiger partial charge on any atom is -0.375 e. The smallest absolute Gasteiger partial charge is 0.248 e. The maximum absolute atomic E-state index is 12.7. The highest BCUT2D eigenvalue weighted by molar-refractivity contribution is 6.36. The number of piperidine rings is 1. The van der Waals surface area contributed by atoms with Crippen molar-refractivity contribution in [1.29, 1.82) is 0 Å². The lowest BCUT2D eigenvalue weighted by atomic mass is 9.60. The molecule has 11 heteroatoms. The summed E-state index contributed by atoms with van der Waals surface area (Å²) in [6.07, 6.45) is 6.83. The van der Waals surface area contributed by atoms with Gasteiger partial charge in [0.1, 0.15) is 6.61 Å². The first-order valence-corrected chi connectivity index (χ1v) is 15.4. The maximum Gasteiger partial charge on any atom is 0.248 e. The van der Waals surface area contributed by atoms with Gasteiger partial charge in [-0.2, -0.15) is 10.2 Å². The molecule has 1 aromatic carbocycles. The number of carbonyl (C=O) groups excluding carboxylic acids is 2. The Bertz CT molecular complexity index is 1590. The van der Waals surface area contributed by atoms with E-state index in [4.69, 9.17) is 21.4 Å². The summed E-state index contributed by atoms with van der Waals surface area (Å²) in [5, 5.41) is 14.5. The second-order valence-electron chi connectivity index (χ2n) is 13.5. The van der Waals surface area contributed by atoms with Gasteiger partial charge in [0.05, 0.1) is 22.8 Å². The number of likely N-dealkylation sites (N-methyl/N-ethyl adjacent to an activating group) is 1. The molecule has 1 aliphatic carbocycles. The van der Waals surface area contributed by atoms with E-state index in [0.29, 0.717) is 5.02 Å². The van der Waals surface area contributed by atoms with E-state index in [0.717, 1.165) is 84.4 Å². The summed E-state index contributed by atoms with van der Waals surface area (Å²) in [5.41, 5.74) is 4.87. The van der Waals surface area contributed by atoms with Crippen molar-refractivity contribution < 1.29 is 14.3 Å². The number of likely N-dealkylation sites (tertiary alicyclic amines) is 1. The third-order valence-electron chi connectivity index (χ3n) is 10.1. The van der Waals surface area contributed by atoms with Gasteiger partial charge in [0.25, 0.3) is 0 Å². The minimum atomic E-state index is -0.281. The Kier molecular flexibility index (Phi) is 7.36. The Morgan fingerprint density at radius 3 is 2.60 bits per heavy atom. The number of aromatic amines is 1. The molecule has 3 fully saturated rings. The number of fused-ring (bicyclic) bond motifs is 1. The molecule has 4 heterocycles. The van der Waals surface area contributed by atoms with Crippen LogP contribution in [0.4, 0.5) is 5.82 Å². The van der Waals surface area contributed by atoms with Crippen LogP contribution < -0.4 is 4.90 Å².